The average Bonchev–Trinajstić information content (AvgIpc) is 2.76. The van der Waals surface area contributed by atoms with Crippen LogP contribution in [0.1, 0.15) is 15.9 Å². The molecule has 0 saturated carbocycles. The number of ether oxygens (including phenoxy) is 6. The number of benzene rings is 2. The van der Waals surface area contributed by atoms with Crippen molar-refractivity contribution in [2.45, 2.75) is 0 Å². The molecule has 0 unspecified atom stereocenters. The zero-order chi connectivity index (χ0) is 21.4. The Labute approximate surface area is 169 Å². The van der Waals surface area contributed by atoms with E-state index in [2.05, 4.69) is 10.5 Å². The van der Waals surface area contributed by atoms with E-state index in [-0.39, 0.29) is 5.56 Å². The van der Waals surface area contributed by atoms with Crippen LogP contribution in [-0.4, -0.2) is 54.8 Å². The highest BCUT2D eigenvalue weighted by Gasteiger charge is 2.17. The topological polar surface area (TPSA) is 96.8 Å². The van der Waals surface area contributed by atoms with E-state index >= 15 is 0 Å². The molecular weight excluding hydrogens is 380 g/mol. The molecule has 2 aromatic carbocycles. The highest BCUT2D eigenvalue weighted by molar-refractivity contribution is 5.96. The summed E-state index contributed by atoms with van der Waals surface area (Å²) in [6.45, 7) is 0. The van der Waals surface area contributed by atoms with Crippen molar-refractivity contribution in [3.8, 4) is 34.5 Å². The van der Waals surface area contributed by atoms with Crippen LogP contribution in [0.5, 0.6) is 34.5 Å². The smallest absolute Gasteiger partial charge is 0.271 e. The van der Waals surface area contributed by atoms with Gasteiger partial charge in [0.2, 0.25) is 11.5 Å². The number of rotatable bonds is 9. The normalized spacial score (nSPS) is 10.4. The van der Waals surface area contributed by atoms with Crippen LogP contribution in [-0.2, 0) is 0 Å². The van der Waals surface area contributed by atoms with Gasteiger partial charge >= 0.3 is 0 Å². The van der Waals surface area contributed by atoms with Gasteiger partial charge in [-0.15, -0.1) is 0 Å². The molecule has 9 nitrogen and oxygen atoms in total. The van der Waals surface area contributed by atoms with Crippen molar-refractivity contribution < 1.29 is 33.2 Å². The maximum Gasteiger partial charge on any atom is 0.271 e. The first kappa shape index (κ1) is 21.7. The molecule has 2 rings (SSSR count). The summed E-state index contributed by atoms with van der Waals surface area (Å²) in [6.07, 6.45) is 1.44. The van der Waals surface area contributed by atoms with Crippen molar-refractivity contribution in [1.29, 1.82) is 0 Å². The van der Waals surface area contributed by atoms with Crippen molar-refractivity contribution in [3.63, 3.8) is 0 Å². The summed E-state index contributed by atoms with van der Waals surface area (Å²) >= 11 is 0. The number of carbonyl (C=O) groups excluding carboxylic acids is 1. The largest absolute Gasteiger partial charge is 0.493 e. The van der Waals surface area contributed by atoms with E-state index in [9.17, 15) is 4.79 Å². The second kappa shape index (κ2) is 10.1. The lowest BCUT2D eigenvalue weighted by Crippen LogP contribution is -2.18. The standard InChI is InChI=1S/C20H24N2O7/c1-24-14-8-7-12(17(27-4)19(14)29-6)11-21-22-20(23)13-9-15(25-2)18(28-5)16(10-13)26-3/h7-11H,1-6H3,(H,22,23)/b21-11+. The number of hydrogen-bond donors (Lipinski definition) is 1. The Morgan fingerprint density at radius 1 is 0.759 bits per heavy atom. The SMILES string of the molecule is COc1cc(C(=O)N/N=C/c2ccc(OC)c(OC)c2OC)cc(OC)c1OC. The van der Waals surface area contributed by atoms with Gasteiger partial charge in [0.05, 0.1) is 48.9 Å². The van der Waals surface area contributed by atoms with Gasteiger partial charge in [0.25, 0.3) is 5.91 Å². The van der Waals surface area contributed by atoms with Gasteiger partial charge in [0.15, 0.2) is 23.0 Å². The number of nitrogens with zero attached hydrogens (tertiary/aromatic N) is 1. The highest BCUT2D eigenvalue weighted by atomic mass is 16.5. The molecule has 1 amide bonds. The van der Waals surface area contributed by atoms with E-state index in [0.717, 1.165) is 0 Å². The maximum atomic E-state index is 12.5. The Kier molecular flexibility index (Phi) is 7.53. The second-order valence-corrected chi connectivity index (χ2v) is 5.54. The average molecular weight is 404 g/mol. The number of methoxy groups -OCH3 is 6. The third-order valence-electron chi connectivity index (χ3n) is 4.03. The van der Waals surface area contributed by atoms with Crippen LogP contribution in [0.25, 0.3) is 0 Å². The van der Waals surface area contributed by atoms with Crippen molar-refractivity contribution in [2.75, 3.05) is 42.7 Å². The molecule has 1 N–H and O–H groups in total. The number of carbonyl (C=O) groups is 1. The Morgan fingerprint density at radius 3 is 1.79 bits per heavy atom. The maximum absolute atomic E-state index is 12.5. The van der Waals surface area contributed by atoms with E-state index in [4.69, 9.17) is 28.4 Å². The summed E-state index contributed by atoms with van der Waals surface area (Å²) < 4.78 is 31.7. The predicted octanol–water partition coefficient (Wildman–Crippen LogP) is 2.50. The van der Waals surface area contributed by atoms with Crippen molar-refractivity contribution in [1.82, 2.24) is 5.43 Å². The van der Waals surface area contributed by atoms with Crippen molar-refractivity contribution >= 4 is 12.1 Å². The minimum atomic E-state index is -0.458. The van der Waals surface area contributed by atoms with Crippen LogP contribution < -0.4 is 33.8 Å². The van der Waals surface area contributed by atoms with E-state index in [0.29, 0.717) is 40.1 Å². The van der Waals surface area contributed by atoms with Crippen molar-refractivity contribution in [3.05, 3.63) is 35.4 Å². The van der Waals surface area contributed by atoms with Gasteiger partial charge in [-0.2, -0.15) is 5.10 Å². The minimum Gasteiger partial charge on any atom is -0.493 e. The van der Waals surface area contributed by atoms with Crippen LogP contribution >= 0.6 is 0 Å². The summed E-state index contributed by atoms with van der Waals surface area (Å²) in [7, 11) is 8.97. The molecule has 0 aromatic heterocycles. The Balaban J connectivity index is 2.26. The number of amides is 1. The molecule has 156 valence electrons. The monoisotopic (exact) mass is 404 g/mol. The zero-order valence-corrected chi connectivity index (χ0v) is 17.2. The lowest BCUT2D eigenvalue weighted by atomic mass is 10.1. The van der Waals surface area contributed by atoms with E-state index in [1.165, 1.54) is 61.0 Å². The molecule has 0 radical (unpaired) electrons. The van der Waals surface area contributed by atoms with Crippen LogP contribution in [0.2, 0.25) is 0 Å². The summed E-state index contributed by atoms with van der Waals surface area (Å²) in [5.41, 5.74) is 3.34. The first-order valence-electron chi connectivity index (χ1n) is 8.46. The molecule has 0 aliphatic rings. The van der Waals surface area contributed by atoms with E-state index in [1.54, 1.807) is 12.1 Å². The molecule has 0 fully saturated rings. The van der Waals surface area contributed by atoms with Crippen LogP contribution in [0.15, 0.2) is 29.4 Å². The van der Waals surface area contributed by atoms with Gasteiger partial charge < -0.3 is 28.4 Å². The van der Waals surface area contributed by atoms with Gasteiger partial charge in [-0.3, -0.25) is 4.79 Å². The fourth-order valence-electron chi connectivity index (χ4n) is 2.66. The fourth-order valence-corrected chi connectivity index (χ4v) is 2.66. The lowest BCUT2D eigenvalue weighted by Gasteiger charge is -2.14. The quantitative estimate of drug-likeness (QED) is 0.507. The first-order chi connectivity index (χ1) is 14.0. The number of nitrogens with one attached hydrogen (secondary N) is 1. The van der Waals surface area contributed by atoms with E-state index in [1.807, 2.05) is 0 Å². The summed E-state index contributed by atoms with van der Waals surface area (Å²) in [5.74, 6) is 2.03. The Bertz CT molecular complexity index is 872. The van der Waals surface area contributed by atoms with Gasteiger partial charge in [-0.05, 0) is 24.3 Å². The van der Waals surface area contributed by atoms with Gasteiger partial charge in [0, 0.05) is 11.1 Å². The lowest BCUT2D eigenvalue weighted by molar-refractivity contribution is 0.0954. The Morgan fingerprint density at radius 2 is 1.31 bits per heavy atom. The fraction of sp³-hybridized carbons (Fsp3) is 0.300. The molecule has 29 heavy (non-hydrogen) atoms. The van der Waals surface area contributed by atoms with Crippen LogP contribution in [0.3, 0.4) is 0 Å². The van der Waals surface area contributed by atoms with E-state index < -0.39 is 5.91 Å². The number of hydrogen-bond acceptors (Lipinski definition) is 8. The molecule has 0 spiro atoms. The molecule has 0 atom stereocenters. The third kappa shape index (κ3) is 4.63. The van der Waals surface area contributed by atoms with Gasteiger partial charge in [0.1, 0.15) is 0 Å². The first-order valence-corrected chi connectivity index (χ1v) is 8.46. The predicted molar refractivity (Wildman–Crippen MR) is 107 cm³/mol. The molecule has 2 aromatic rings. The molecule has 0 bridgehead atoms. The summed E-state index contributed by atoms with van der Waals surface area (Å²) in [4.78, 5) is 12.5. The van der Waals surface area contributed by atoms with Gasteiger partial charge in [-0.25, -0.2) is 5.43 Å². The summed E-state index contributed by atoms with van der Waals surface area (Å²) in [6, 6.07) is 6.51. The molecule has 0 saturated heterocycles. The Hall–Kier alpha value is -3.62. The van der Waals surface area contributed by atoms with Crippen LogP contribution in [0.4, 0.5) is 0 Å². The second-order valence-electron chi connectivity index (χ2n) is 5.54. The van der Waals surface area contributed by atoms with Crippen LogP contribution in [0, 0.1) is 0 Å². The third-order valence-corrected chi connectivity index (χ3v) is 4.03. The minimum absolute atomic E-state index is 0.288. The molecular formula is C20H24N2O7. The molecule has 0 aliphatic carbocycles. The molecule has 0 aliphatic heterocycles. The summed E-state index contributed by atoms with van der Waals surface area (Å²) in [5, 5.41) is 4.00. The molecule has 9 heteroatoms. The highest BCUT2D eigenvalue weighted by Crippen LogP contribution is 2.39. The number of hydrazone groups is 1. The zero-order valence-electron chi connectivity index (χ0n) is 17.2. The van der Waals surface area contributed by atoms with Gasteiger partial charge in [-0.1, -0.05) is 0 Å². The molecule has 0 heterocycles. The van der Waals surface area contributed by atoms with Crippen molar-refractivity contribution in [2.24, 2.45) is 5.10 Å².